The third kappa shape index (κ3) is 3.13. The number of halogens is 1. The molecule has 0 bridgehead atoms. The maximum Gasteiger partial charge on any atom is 0.267 e. The molecular weight excluding hydrogens is 400 g/mol. The molecule has 130 valence electrons. The Morgan fingerprint density at radius 1 is 1.08 bits per heavy atom. The third-order valence-electron chi connectivity index (χ3n) is 4.00. The van der Waals surface area contributed by atoms with Gasteiger partial charge in [-0.15, -0.1) is 0 Å². The van der Waals surface area contributed by atoms with E-state index in [2.05, 4.69) is 21.0 Å². The van der Waals surface area contributed by atoms with Gasteiger partial charge in [-0.1, -0.05) is 34.1 Å². The zero-order valence-electron chi connectivity index (χ0n) is 13.5. The Hall–Kier alpha value is -2.93. The number of nitrogens with zero attached hydrogens (tertiary/aromatic N) is 2. The maximum atomic E-state index is 12.6. The van der Waals surface area contributed by atoms with E-state index in [-0.39, 0.29) is 24.7 Å². The first kappa shape index (κ1) is 16.5. The Labute approximate surface area is 157 Å². The summed E-state index contributed by atoms with van der Waals surface area (Å²) in [5.41, 5.74) is 1.55. The van der Waals surface area contributed by atoms with Gasteiger partial charge in [-0.3, -0.25) is 9.59 Å². The molecule has 0 N–H and O–H groups in total. The van der Waals surface area contributed by atoms with E-state index in [0.717, 1.165) is 10.0 Å². The standard InChI is InChI=1S/C19H13BrN2O4/c20-14-4-2-1-3-13(14)15-6-8-19(24)22(21-15)10-16(23)12-5-7-17-18(9-12)26-11-25-17/h1-9H,10-11H2. The average molecular weight is 413 g/mol. The van der Waals surface area contributed by atoms with Gasteiger partial charge in [-0.2, -0.15) is 5.10 Å². The van der Waals surface area contributed by atoms with Crippen LogP contribution >= 0.6 is 15.9 Å². The predicted octanol–water partition coefficient (Wildman–Crippen LogP) is 3.28. The Bertz CT molecular complexity index is 1060. The summed E-state index contributed by atoms with van der Waals surface area (Å²) in [6, 6.07) is 15.6. The molecule has 2 heterocycles. The van der Waals surface area contributed by atoms with Crippen LogP contribution in [0.1, 0.15) is 10.4 Å². The number of hydrogen-bond acceptors (Lipinski definition) is 5. The van der Waals surface area contributed by atoms with Gasteiger partial charge in [0.1, 0.15) is 6.54 Å². The SMILES string of the molecule is O=C(Cn1nc(-c2ccccc2Br)ccc1=O)c1ccc2c(c1)OCO2. The molecule has 0 amide bonds. The molecule has 0 spiro atoms. The molecule has 0 unspecified atom stereocenters. The first-order valence-electron chi connectivity index (χ1n) is 7.88. The number of fused-ring (bicyclic) bond motifs is 1. The fraction of sp³-hybridized carbons (Fsp3) is 0.105. The van der Waals surface area contributed by atoms with Crippen molar-refractivity contribution in [3.63, 3.8) is 0 Å². The number of ketones is 1. The van der Waals surface area contributed by atoms with Crippen molar-refractivity contribution in [3.05, 3.63) is 75.0 Å². The summed E-state index contributed by atoms with van der Waals surface area (Å²) in [5.74, 6) is 0.896. The van der Waals surface area contributed by atoms with Gasteiger partial charge >= 0.3 is 0 Å². The number of benzene rings is 2. The van der Waals surface area contributed by atoms with Gasteiger partial charge in [0.05, 0.1) is 5.69 Å². The largest absolute Gasteiger partial charge is 0.454 e. The molecule has 2 aromatic carbocycles. The number of carbonyl (C=O) groups excluding carboxylic acids is 1. The second-order valence-electron chi connectivity index (χ2n) is 5.69. The van der Waals surface area contributed by atoms with Crippen LogP contribution in [-0.2, 0) is 6.54 Å². The molecule has 1 aliphatic rings. The summed E-state index contributed by atoms with van der Waals surface area (Å²) in [4.78, 5) is 24.7. The van der Waals surface area contributed by atoms with E-state index < -0.39 is 0 Å². The Balaban J connectivity index is 1.64. The summed E-state index contributed by atoms with van der Waals surface area (Å²) < 4.78 is 12.6. The zero-order chi connectivity index (χ0) is 18.1. The lowest BCUT2D eigenvalue weighted by molar-refractivity contribution is 0.0965. The summed E-state index contributed by atoms with van der Waals surface area (Å²) in [6.07, 6.45) is 0. The molecule has 7 heteroatoms. The van der Waals surface area contributed by atoms with Crippen molar-refractivity contribution >= 4 is 21.7 Å². The lowest BCUT2D eigenvalue weighted by atomic mass is 10.1. The zero-order valence-corrected chi connectivity index (χ0v) is 15.1. The summed E-state index contributed by atoms with van der Waals surface area (Å²) in [6.45, 7) is -0.0151. The van der Waals surface area contributed by atoms with Gasteiger partial charge < -0.3 is 9.47 Å². The first-order valence-corrected chi connectivity index (χ1v) is 8.67. The minimum Gasteiger partial charge on any atom is -0.454 e. The van der Waals surface area contributed by atoms with Crippen molar-refractivity contribution in [1.82, 2.24) is 9.78 Å². The van der Waals surface area contributed by atoms with Crippen molar-refractivity contribution < 1.29 is 14.3 Å². The van der Waals surface area contributed by atoms with Crippen molar-refractivity contribution in [2.75, 3.05) is 6.79 Å². The molecule has 1 aromatic heterocycles. The van der Waals surface area contributed by atoms with Crippen molar-refractivity contribution in [3.8, 4) is 22.8 Å². The van der Waals surface area contributed by atoms with Crippen LogP contribution in [0.2, 0.25) is 0 Å². The van der Waals surface area contributed by atoms with E-state index in [1.165, 1.54) is 10.7 Å². The molecule has 0 atom stereocenters. The van der Waals surface area contributed by atoms with Crippen LogP contribution < -0.4 is 15.0 Å². The minimum atomic E-state index is -0.338. The van der Waals surface area contributed by atoms with Gasteiger partial charge in [0.2, 0.25) is 6.79 Å². The Morgan fingerprint density at radius 2 is 1.88 bits per heavy atom. The smallest absolute Gasteiger partial charge is 0.267 e. The number of Topliss-reactive ketones (excluding diaryl/α,β-unsaturated/α-hetero) is 1. The molecule has 0 aliphatic carbocycles. The molecule has 0 radical (unpaired) electrons. The summed E-state index contributed by atoms with van der Waals surface area (Å²) in [5, 5.41) is 4.34. The topological polar surface area (TPSA) is 70.4 Å². The number of rotatable bonds is 4. The second kappa shape index (κ2) is 6.76. The lowest BCUT2D eigenvalue weighted by Gasteiger charge is -2.08. The van der Waals surface area contributed by atoms with Crippen LogP contribution in [0.5, 0.6) is 11.5 Å². The van der Waals surface area contributed by atoms with Crippen LogP contribution in [0.4, 0.5) is 0 Å². The number of aromatic nitrogens is 2. The molecule has 1 aliphatic heterocycles. The van der Waals surface area contributed by atoms with Gasteiger partial charge in [0.25, 0.3) is 5.56 Å². The fourth-order valence-corrected chi connectivity index (χ4v) is 3.16. The monoisotopic (exact) mass is 412 g/mol. The van der Waals surface area contributed by atoms with Gasteiger partial charge in [-0.05, 0) is 30.3 Å². The highest BCUT2D eigenvalue weighted by molar-refractivity contribution is 9.10. The summed E-state index contributed by atoms with van der Waals surface area (Å²) >= 11 is 3.47. The van der Waals surface area contributed by atoms with Crippen LogP contribution in [0.3, 0.4) is 0 Å². The van der Waals surface area contributed by atoms with E-state index in [9.17, 15) is 9.59 Å². The fourth-order valence-electron chi connectivity index (χ4n) is 2.67. The molecule has 0 fully saturated rings. The Morgan fingerprint density at radius 3 is 2.73 bits per heavy atom. The predicted molar refractivity (Wildman–Crippen MR) is 98.5 cm³/mol. The quantitative estimate of drug-likeness (QED) is 0.614. The van der Waals surface area contributed by atoms with Gasteiger partial charge in [0.15, 0.2) is 17.3 Å². The van der Waals surface area contributed by atoms with Gasteiger partial charge in [0, 0.05) is 21.7 Å². The normalized spacial score (nSPS) is 12.2. The van der Waals surface area contributed by atoms with Gasteiger partial charge in [-0.25, -0.2) is 4.68 Å². The van der Waals surface area contributed by atoms with Crippen molar-refractivity contribution in [2.24, 2.45) is 0 Å². The summed E-state index contributed by atoms with van der Waals surface area (Å²) in [7, 11) is 0. The molecule has 4 rings (SSSR count). The molecule has 26 heavy (non-hydrogen) atoms. The molecule has 6 nitrogen and oxygen atoms in total. The molecule has 0 saturated heterocycles. The lowest BCUT2D eigenvalue weighted by Crippen LogP contribution is -2.26. The van der Waals surface area contributed by atoms with Crippen molar-refractivity contribution in [1.29, 1.82) is 0 Å². The maximum absolute atomic E-state index is 12.6. The third-order valence-corrected chi connectivity index (χ3v) is 4.70. The highest BCUT2D eigenvalue weighted by Crippen LogP contribution is 2.32. The minimum absolute atomic E-state index is 0.141. The highest BCUT2D eigenvalue weighted by atomic mass is 79.9. The number of ether oxygens (including phenoxy) is 2. The number of hydrogen-bond donors (Lipinski definition) is 0. The van der Waals surface area contributed by atoms with Crippen LogP contribution in [0, 0.1) is 0 Å². The average Bonchev–Trinajstić information content (AvgIpc) is 3.12. The molecular formula is C19H13BrN2O4. The van der Waals surface area contributed by atoms with E-state index in [4.69, 9.17) is 9.47 Å². The Kier molecular flexibility index (Phi) is 4.30. The van der Waals surface area contributed by atoms with Crippen molar-refractivity contribution in [2.45, 2.75) is 6.54 Å². The van der Waals surface area contributed by atoms with Crippen LogP contribution in [0.15, 0.2) is 63.9 Å². The number of carbonyl (C=O) groups is 1. The molecule has 3 aromatic rings. The second-order valence-corrected chi connectivity index (χ2v) is 6.54. The highest BCUT2D eigenvalue weighted by Gasteiger charge is 2.17. The molecule has 0 saturated carbocycles. The first-order chi connectivity index (χ1) is 12.6. The van der Waals surface area contributed by atoms with E-state index in [1.807, 2.05) is 24.3 Å². The van der Waals surface area contributed by atoms with Crippen LogP contribution in [-0.4, -0.2) is 22.4 Å². The van der Waals surface area contributed by atoms with E-state index in [1.54, 1.807) is 24.3 Å². The van der Waals surface area contributed by atoms with E-state index >= 15 is 0 Å². The van der Waals surface area contributed by atoms with Crippen LogP contribution in [0.25, 0.3) is 11.3 Å². The van der Waals surface area contributed by atoms with E-state index in [0.29, 0.717) is 22.8 Å².